The molecule has 26 heavy (non-hydrogen) atoms. The van der Waals surface area contributed by atoms with Crippen LogP contribution in [0, 0.1) is 13.8 Å². The first-order chi connectivity index (χ1) is 12.5. The summed E-state index contributed by atoms with van der Waals surface area (Å²) in [5.41, 5.74) is 3.78. The molecule has 0 saturated carbocycles. The molecule has 0 saturated heterocycles. The molecule has 0 spiro atoms. The summed E-state index contributed by atoms with van der Waals surface area (Å²) < 4.78 is 10.9. The maximum Gasteiger partial charge on any atom is 0.277 e. The van der Waals surface area contributed by atoms with Crippen LogP contribution >= 0.6 is 11.8 Å². The van der Waals surface area contributed by atoms with Crippen molar-refractivity contribution >= 4 is 17.5 Å². The van der Waals surface area contributed by atoms with Gasteiger partial charge in [0.25, 0.3) is 5.22 Å². The predicted octanol–water partition coefficient (Wildman–Crippen LogP) is 4.73. The molecule has 0 amide bonds. The first-order valence-electron chi connectivity index (χ1n) is 8.23. The van der Waals surface area contributed by atoms with Crippen LogP contribution < -0.4 is 4.74 Å². The highest BCUT2D eigenvalue weighted by molar-refractivity contribution is 8.00. The Bertz CT molecular complexity index is 899. The van der Waals surface area contributed by atoms with E-state index in [0.29, 0.717) is 16.7 Å². The molecule has 3 aromatic rings. The fourth-order valence-corrected chi connectivity index (χ4v) is 3.43. The van der Waals surface area contributed by atoms with E-state index in [9.17, 15) is 4.79 Å². The van der Waals surface area contributed by atoms with Crippen molar-refractivity contribution < 1.29 is 13.9 Å². The summed E-state index contributed by atoms with van der Waals surface area (Å²) >= 11 is 1.26. The molecule has 0 fully saturated rings. The molecule has 1 atom stereocenters. The monoisotopic (exact) mass is 368 g/mol. The second-order valence-corrected chi connectivity index (χ2v) is 7.39. The number of hydrogen-bond donors (Lipinski definition) is 0. The molecule has 1 heterocycles. The standard InChI is InChI=1S/C20H20N2O3S/c1-12-9-13(2)11-16(10-12)19-21-22-20(25-19)26-14(3)18(23)15-5-7-17(24-4)8-6-15/h5-11,14H,1-4H3. The lowest BCUT2D eigenvalue weighted by atomic mass is 10.1. The summed E-state index contributed by atoms with van der Waals surface area (Å²) in [7, 11) is 1.60. The highest BCUT2D eigenvalue weighted by Crippen LogP contribution is 2.28. The maximum atomic E-state index is 12.6. The van der Waals surface area contributed by atoms with Crippen molar-refractivity contribution in [1.82, 2.24) is 10.2 Å². The number of thioether (sulfide) groups is 1. The molecule has 2 aromatic carbocycles. The van der Waals surface area contributed by atoms with Crippen molar-refractivity contribution in [2.75, 3.05) is 7.11 Å². The van der Waals surface area contributed by atoms with Gasteiger partial charge in [0.15, 0.2) is 5.78 Å². The van der Waals surface area contributed by atoms with Crippen LogP contribution in [0.4, 0.5) is 0 Å². The van der Waals surface area contributed by atoms with Gasteiger partial charge in [-0.2, -0.15) is 0 Å². The van der Waals surface area contributed by atoms with Crippen molar-refractivity contribution in [2.24, 2.45) is 0 Å². The van der Waals surface area contributed by atoms with E-state index in [1.54, 1.807) is 31.4 Å². The van der Waals surface area contributed by atoms with Gasteiger partial charge in [-0.05, 0) is 57.2 Å². The SMILES string of the molecule is COc1ccc(C(=O)C(C)Sc2nnc(-c3cc(C)cc(C)c3)o2)cc1. The molecule has 0 N–H and O–H groups in total. The summed E-state index contributed by atoms with van der Waals surface area (Å²) in [5, 5.41) is 8.23. The van der Waals surface area contributed by atoms with Gasteiger partial charge in [-0.25, -0.2) is 0 Å². The Morgan fingerprint density at radius 3 is 2.35 bits per heavy atom. The third-order valence-corrected chi connectivity index (χ3v) is 4.83. The number of rotatable bonds is 6. The first-order valence-corrected chi connectivity index (χ1v) is 9.11. The minimum atomic E-state index is -0.337. The number of carbonyl (C=O) groups excluding carboxylic acids is 1. The number of hydrogen-bond acceptors (Lipinski definition) is 6. The van der Waals surface area contributed by atoms with Crippen LogP contribution in [-0.2, 0) is 0 Å². The lowest BCUT2D eigenvalue weighted by molar-refractivity contribution is 0.0993. The number of methoxy groups -OCH3 is 1. The van der Waals surface area contributed by atoms with E-state index in [1.165, 1.54) is 11.8 Å². The average molecular weight is 368 g/mol. The van der Waals surface area contributed by atoms with Crippen molar-refractivity contribution in [3.63, 3.8) is 0 Å². The first kappa shape index (κ1) is 18.2. The summed E-state index contributed by atoms with van der Waals surface area (Å²) in [4.78, 5) is 12.6. The van der Waals surface area contributed by atoms with Gasteiger partial charge in [-0.1, -0.05) is 29.0 Å². The minimum absolute atomic E-state index is 0.00352. The normalized spacial score (nSPS) is 12.0. The number of carbonyl (C=O) groups is 1. The Labute approximate surface area is 156 Å². The van der Waals surface area contributed by atoms with Crippen LogP contribution in [0.5, 0.6) is 5.75 Å². The number of nitrogens with zero attached hydrogens (tertiary/aromatic N) is 2. The topological polar surface area (TPSA) is 65.2 Å². The molecule has 1 aromatic heterocycles. The number of benzene rings is 2. The van der Waals surface area contributed by atoms with Crippen LogP contribution in [0.3, 0.4) is 0 Å². The Morgan fingerprint density at radius 1 is 1.08 bits per heavy atom. The van der Waals surface area contributed by atoms with Gasteiger partial charge in [0.05, 0.1) is 12.4 Å². The number of Topliss-reactive ketones (excluding diaryl/α,β-unsaturated/α-hetero) is 1. The van der Waals surface area contributed by atoms with Crippen LogP contribution in [0.2, 0.25) is 0 Å². The molecular formula is C20H20N2O3S. The molecule has 134 valence electrons. The third-order valence-electron chi connectivity index (χ3n) is 3.90. The summed E-state index contributed by atoms with van der Waals surface area (Å²) in [5.74, 6) is 1.18. The van der Waals surface area contributed by atoms with Crippen molar-refractivity contribution in [3.05, 3.63) is 59.2 Å². The molecule has 0 aliphatic heterocycles. The van der Waals surface area contributed by atoms with E-state index < -0.39 is 0 Å². The molecule has 1 unspecified atom stereocenters. The van der Waals surface area contributed by atoms with Crippen LogP contribution in [0.15, 0.2) is 52.1 Å². The number of ketones is 1. The highest BCUT2D eigenvalue weighted by atomic mass is 32.2. The summed E-state index contributed by atoms with van der Waals surface area (Å²) in [6, 6.07) is 13.2. The average Bonchev–Trinajstić information content (AvgIpc) is 3.09. The molecule has 3 rings (SSSR count). The highest BCUT2D eigenvalue weighted by Gasteiger charge is 2.20. The number of aryl methyl sites for hydroxylation is 2. The van der Waals surface area contributed by atoms with E-state index in [1.807, 2.05) is 32.9 Å². The molecule has 0 radical (unpaired) electrons. The Morgan fingerprint density at radius 2 is 1.73 bits per heavy atom. The predicted molar refractivity (Wildman–Crippen MR) is 102 cm³/mol. The fraction of sp³-hybridized carbons (Fsp3) is 0.250. The number of ether oxygens (including phenoxy) is 1. The van der Waals surface area contributed by atoms with Gasteiger partial charge in [0.1, 0.15) is 5.75 Å². The van der Waals surface area contributed by atoms with Gasteiger partial charge in [-0.3, -0.25) is 4.79 Å². The molecular weight excluding hydrogens is 348 g/mol. The smallest absolute Gasteiger partial charge is 0.277 e. The lowest BCUT2D eigenvalue weighted by Crippen LogP contribution is -2.13. The fourth-order valence-electron chi connectivity index (χ4n) is 2.67. The summed E-state index contributed by atoms with van der Waals surface area (Å²) in [6.07, 6.45) is 0. The van der Waals surface area contributed by atoms with Gasteiger partial charge >= 0.3 is 0 Å². The quantitative estimate of drug-likeness (QED) is 0.463. The van der Waals surface area contributed by atoms with E-state index in [4.69, 9.17) is 9.15 Å². The van der Waals surface area contributed by atoms with Gasteiger partial charge in [0, 0.05) is 11.1 Å². The molecule has 5 nitrogen and oxygen atoms in total. The molecule has 0 bridgehead atoms. The van der Waals surface area contributed by atoms with Gasteiger partial charge in [-0.15, -0.1) is 10.2 Å². The van der Waals surface area contributed by atoms with Crippen LogP contribution in [-0.4, -0.2) is 28.3 Å². The maximum absolute atomic E-state index is 12.6. The Hall–Kier alpha value is -2.60. The van der Waals surface area contributed by atoms with Crippen molar-refractivity contribution in [3.8, 4) is 17.2 Å². The molecule has 0 aliphatic rings. The minimum Gasteiger partial charge on any atom is -0.497 e. The van der Waals surface area contributed by atoms with E-state index >= 15 is 0 Å². The molecule has 0 aliphatic carbocycles. The van der Waals surface area contributed by atoms with Gasteiger partial charge < -0.3 is 9.15 Å². The van der Waals surface area contributed by atoms with Gasteiger partial charge in [0.2, 0.25) is 5.89 Å². The van der Waals surface area contributed by atoms with Crippen LogP contribution in [0.25, 0.3) is 11.5 Å². The summed E-state index contributed by atoms with van der Waals surface area (Å²) in [6.45, 7) is 5.88. The van der Waals surface area contributed by atoms with E-state index in [0.717, 1.165) is 22.4 Å². The number of aromatic nitrogens is 2. The van der Waals surface area contributed by atoms with Crippen molar-refractivity contribution in [2.45, 2.75) is 31.2 Å². The zero-order valence-electron chi connectivity index (χ0n) is 15.1. The second-order valence-electron chi connectivity index (χ2n) is 6.10. The zero-order chi connectivity index (χ0) is 18.7. The zero-order valence-corrected chi connectivity index (χ0v) is 16.0. The van der Waals surface area contributed by atoms with Crippen LogP contribution in [0.1, 0.15) is 28.4 Å². The van der Waals surface area contributed by atoms with Crippen molar-refractivity contribution in [1.29, 1.82) is 0 Å². The van der Waals surface area contributed by atoms with E-state index in [2.05, 4.69) is 16.3 Å². The Kier molecular flexibility index (Phi) is 5.42. The molecule has 6 heteroatoms. The van der Waals surface area contributed by atoms with E-state index in [-0.39, 0.29) is 11.0 Å². The third kappa shape index (κ3) is 4.14. The lowest BCUT2D eigenvalue weighted by Gasteiger charge is -2.08. The Balaban J connectivity index is 1.72. The second kappa shape index (κ2) is 7.74. The largest absolute Gasteiger partial charge is 0.497 e.